The van der Waals surface area contributed by atoms with Gasteiger partial charge in [-0.1, -0.05) is 76.8 Å². The maximum Gasteiger partial charge on any atom is 0.407 e. The van der Waals surface area contributed by atoms with Crippen LogP contribution in [0.2, 0.25) is 0 Å². The van der Waals surface area contributed by atoms with Gasteiger partial charge in [0.05, 0.1) is 19.2 Å². The first kappa shape index (κ1) is 40.9. The topological polar surface area (TPSA) is 183 Å². The number of hydrogen-bond acceptors (Lipinski definition) is 8. The number of likely N-dealkylation sites (tertiary alicyclic amines) is 1. The smallest absolute Gasteiger partial charge is 0.407 e. The molecule has 282 valence electrons. The molecule has 1 aromatic carbocycles. The molecule has 2 fully saturated rings. The van der Waals surface area contributed by atoms with E-state index in [1.165, 1.54) is 9.80 Å². The van der Waals surface area contributed by atoms with Crippen LogP contribution in [0.1, 0.15) is 96.6 Å². The molecule has 0 bridgehead atoms. The summed E-state index contributed by atoms with van der Waals surface area (Å²) >= 11 is 0. The number of ether oxygens (including phenoxy) is 1. The summed E-state index contributed by atoms with van der Waals surface area (Å²) in [6.45, 7) is 5.60. The standard InChI is InChI=1S/C37H56N6O8/c1-6-15-27(32(45)34(47)38-22-29(44)40-30(35(48)42(4)5)25-16-9-7-10-17-25)39-33(46)28-20-13-14-21-43(28)36(49)31(26-18-11-8-12-19-26)41-37(50)51-23-24(2)3/h7,9-10,16-17,24,26-28,30-31H,6,8,11-15,18-23H2,1-5H3,(H,38,47)(H,39,46)(H,40,44)(H,41,50)/t27-,28?,30-,31-/m0/s1. The highest BCUT2D eigenvalue weighted by molar-refractivity contribution is 6.38. The van der Waals surface area contributed by atoms with E-state index in [9.17, 15) is 33.6 Å². The van der Waals surface area contributed by atoms with Crippen LogP contribution in [0.15, 0.2) is 30.3 Å². The lowest BCUT2D eigenvalue weighted by molar-refractivity contribution is -0.146. The summed E-state index contributed by atoms with van der Waals surface area (Å²) in [6, 6.07) is 4.72. The minimum atomic E-state index is -1.19. The van der Waals surface area contributed by atoms with Crippen LogP contribution in [-0.2, 0) is 33.5 Å². The van der Waals surface area contributed by atoms with Gasteiger partial charge in [-0.25, -0.2) is 4.79 Å². The third kappa shape index (κ3) is 12.4. The number of nitrogens with one attached hydrogen (secondary N) is 4. The molecule has 6 amide bonds. The van der Waals surface area contributed by atoms with Crippen LogP contribution in [0, 0.1) is 11.8 Å². The number of piperidine rings is 1. The van der Waals surface area contributed by atoms with Crippen molar-refractivity contribution in [1.82, 2.24) is 31.1 Å². The number of amides is 6. The van der Waals surface area contributed by atoms with Crippen molar-refractivity contribution in [2.24, 2.45) is 11.8 Å². The quantitative estimate of drug-likeness (QED) is 0.189. The average molecular weight is 713 g/mol. The van der Waals surface area contributed by atoms with Gasteiger partial charge >= 0.3 is 6.09 Å². The summed E-state index contributed by atoms with van der Waals surface area (Å²) in [5.41, 5.74) is 0.555. The third-order valence-electron chi connectivity index (χ3n) is 9.27. The van der Waals surface area contributed by atoms with E-state index in [4.69, 9.17) is 4.74 Å². The number of hydrogen-bond donors (Lipinski definition) is 4. The molecular formula is C37H56N6O8. The number of nitrogens with zero attached hydrogens (tertiary/aromatic N) is 2. The monoisotopic (exact) mass is 712 g/mol. The van der Waals surface area contributed by atoms with E-state index in [1.54, 1.807) is 51.4 Å². The first-order valence-corrected chi connectivity index (χ1v) is 18.3. The van der Waals surface area contributed by atoms with Crippen LogP contribution in [0.4, 0.5) is 4.79 Å². The Morgan fingerprint density at radius 2 is 1.55 bits per heavy atom. The Hall–Kier alpha value is -4.49. The summed E-state index contributed by atoms with van der Waals surface area (Å²) in [5, 5.41) is 10.4. The number of likely N-dealkylation sites (N-methyl/N-ethyl adjacent to an activating group) is 1. The van der Waals surface area contributed by atoms with Crippen LogP contribution >= 0.6 is 0 Å². The van der Waals surface area contributed by atoms with Gasteiger partial charge in [0.2, 0.25) is 29.4 Å². The van der Waals surface area contributed by atoms with E-state index in [0.717, 1.165) is 32.1 Å². The third-order valence-corrected chi connectivity index (χ3v) is 9.27. The van der Waals surface area contributed by atoms with Crippen molar-refractivity contribution in [1.29, 1.82) is 0 Å². The Balaban J connectivity index is 1.67. The fraction of sp³-hybridized carbons (Fsp3) is 0.649. The second kappa shape index (κ2) is 20.4. The number of alkyl carbamates (subject to hydrolysis) is 1. The van der Waals surface area contributed by atoms with Gasteiger partial charge in [-0.15, -0.1) is 0 Å². The SMILES string of the molecule is CCC[C@H](NC(=O)C1CCCCN1C(=O)[C@@H](NC(=O)OCC(C)C)C1CCCCC1)C(=O)C(=O)NCC(=O)N[C@H](C(=O)N(C)C)c1ccccc1. The number of rotatable bonds is 16. The molecule has 2 aliphatic rings. The molecule has 1 aliphatic heterocycles. The normalized spacial score (nSPS) is 18.1. The molecule has 14 nitrogen and oxygen atoms in total. The number of Topliss-reactive ketones (excluding diaryl/α,β-unsaturated/α-hetero) is 1. The van der Waals surface area contributed by atoms with Crippen molar-refractivity contribution < 1.29 is 38.3 Å². The van der Waals surface area contributed by atoms with Gasteiger partial charge in [0.15, 0.2) is 0 Å². The number of ketones is 1. The molecule has 1 saturated heterocycles. The van der Waals surface area contributed by atoms with Gasteiger partial charge in [-0.05, 0) is 55.9 Å². The van der Waals surface area contributed by atoms with Crippen molar-refractivity contribution in [3.05, 3.63) is 35.9 Å². The molecule has 0 radical (unpaired) electrons. The minimum Gasteiger partial charge on any atom is -0.449 e. The van der Waals surface area contributed by atoms with Gasteiger partial charge in [0.1, 0.15) is 18.1 Å². The van der Waals surface area contributed by atoms with Crippen LogP contribution < -0.4 is 21.3 Å². The van der Waals surface area contributed by atoms with Gasteiger partial charge in [0, 0.05) is 20.6 Å². The van der Waals surface area contributed by atoms with Crippen molar-refractivity contribution in [2.75, 3.05) is 33.8 Å². The summed E-state index contributed by atoms with van der Waals surface area (Å²) in [7, 11) is 3.12. The van der Waals surface area contributed by atoms with E-state index in [1.807, 2.05) is 13.8 Å². The Morgan fingerprint density at radius 1 is 0.882 bits per heavy atom. The van der Waals surface area contributed by atoms with E-state index in [-0.39, 0.29) is 36.7 Å². The summed E-state index contributed by atoms with van der Waals surface area (Å²) in [5.74, 6) is -3.92. The van der Waals surface area contributed by atoms with E-state index in [0.29, 0.717) is 37.8 Å². The lowest BCUT2D eigenvalue weighted by Crippen LogP contribution is -2.61. The molecule has 1 saturated carbocycles. The lowest BCUT2D eigenvalue weighted by Gasteiger charge is -2.39. The van der Waals surface area contributed by atoms with Gasteiger partial charge in [0.25, 0.3) is 5.91 Å². The first-order chi connectivity index (χ1) is 24.3. The molecular weight excluding hydrogens is 656 g/mol. The number of carbonyl (C=O) groups is 7. The molecule has 14 heteroatoms. The Labute approximate surface area is 301 Å². The predicted molar refractivity (Wildman–Crippen MR) is 190 cm³/mol. The summed E-state index contributed by atoms with van der Waals surface area (Å²) < 4.78 is 5.34. The zero-order chi connectivity index (χ0) is 37.5. The lowest BCUT2D eigenvalue weighted by atomic mass is 9.83. The molecule has 4 N–H and O–H groups in total. The Morgan fingerprint density at radius 3 is 2.18 bits per heavy atom. The molecule has 1 unspecified atom stereocenters. The second-order valence-electron chi connectivity index (χ2n) is 14.1. The van der Waals surface area contributed by atoms with Crippen LogP contribution in [0.5, 0.6) is 0 Å². The highest BCUT2D eigenvalue weighted by Gasteiger charge is 2.41. The van der Waals surface area contributed by atoms with Gasteiger partial charge in [-0.2, -0.15) is 0 Å². The van der Waals surface area contributed by atoms with E-state index in [2.05, 4.69) is 21.3 Å². The Bertz CT molecular complexity index is 1360. The van der Waals surface area contributed by atoms with Crippen LogP contribution in [0.3, 0.4) is 0 Å². The second-order valence-corrected chi connectivity index (χ2v) is 14.1. The van der Waals surface area contributed by atoms with Crippen molar-refractivity contribution in [2.45, 2.75) is 109 Å². The van der Waals surface area contributed by atoms with Crippen LogP contribution in [0.25, 0.3) is 0 Å². The number of benzene rings is 1. The zero-order valence-electron chi connectivity index (χ0n) is 30.7. The van der Waals surface area contributed by atoms with E-state index < -0.39 is 60.3 Å². The molecule has 51 heavy (non-hydrogen) atoms. The van der Waals surface area contributed by atoms with Gasteiger partial charge in [-0.3, -0.25) is 28.8 Å². The molecule has 1 aromatic rings. The molecule has 4 atom stereocenters. The molecule has 1 aliphatic carbocycles. The van der Waals surface area contributed by atoms with Crippen molar-refractivity contribution >= 4 is 41.4 Å². The summed E-state index contributed by atoms with van der Waals surface area (Å²) in [6.07, 6.45) is 6.15. The fourth-order valence-corrected chi connectivity index (χ4v) is 6.54. The molecule has 1 heterocycles. The fourth-order valence-electron chi connectivity index (χ4n) is 6.54. The number of carbonyl (C=O) groups excluding carboxylic acids is 7. The maximum atomic E-state index is 14.1. The average Bonchev–Trinajstić information content (AvgIpc) is 3.13. The van der Waals surface area contributed by atoms with Crippen molar-refractivity contribution in [3.63, 3.8) is 0 Å². The predicted octanol–water partition coefficient (Wildman–Crippen LogP) is 2.61. The van der Waals surface area contributed by atoms with Crippen molar-refractivity contribution in [3.8, 4) is 0 Å². The zero-order valence-corrected chi connectivity index (χ0v) is 30.7. The first-order valence-electron chi connectivity index (χ1n) is 18.3. The molecule has 3 rings (SSSR count). The van der Waals surface area contributed by atoms with Gasteiger partial charge < -0.3 is 35.8 Å². The highest BCUT2D eigenvalue weighted by atomic mass is 16.5. The largest absolute Gasteiger partial charge is 0.449 e. The summed E-state index contributed by atoms with van der Waals surface area (Å²) in [4.78, 5) is 95.3. The molecule has 0 aromatic heterocycles. The molecule has 0 spiro atoms. The maximum absolute atomic E-state index is 14.1. The Kier molecular flexibility index (Phi) is 16.4. The minimum absolute atomic E-state index is 0.0947. The van der Waals surface area contributed by atoms with E-state index >= 15 is 0 Å². The van der Waals surface area contributed by atoms with Crippen LogP contribution in [-0.4, -0.2) is 103 Å². The highest BCUT2D eigenvalue weighted by Crippen LogP contribution is 2.29.